The maximum absolute atomic E-state index is 6.02. The molecule has 1 aromatic heterocycles. The minimum atomic E-state index is 0.189. The van der Waals surface area contributed by atoms with Crippen molar-refractivity contribution >= 4 is 27.5 Å². The van der Waals surface area contributed by atoms with Crippen molar-refractivity contribution in [2.24, 2.45) is 0 Å². The number of halogens is 2. The second-order valence-corrected chi connectivity index (χ2v) is 5.38. The lowest BCUT2D eigenvalue weighted by molar-refractivity contribution is 1.07. The molecule has 0 aliphatic rings. The largest absolute Gasteiger partial charge is 0.226 e. The van der Waals surface area contributed by atoms with E-state index in [-0.39, 0.29) is 5.28 Å². The third-order valence-corrected chi connectivity index (χ3v) is 3.39. The van der Waals surface area contributed by atoms with E-state index in [1.807, 2.05) is 54.6 Å². The summed E-state index contributed by atoms with van der Waals surface area (Å²) in [7, 11) is 0. The van der Waals surface area contributed by atoms with Gasteiger partial charge in [0.25, 0.3) is 0 Å². The molecule has 2 aromatic carbocycles. The Balaban J connectivity index is 2.12. The quantitative estimate of drug-likeness (QED) is 0.679. The van der Waals surface area contributed by atoms with Crippen molar-refractivity contribution in [1.29, 1.82) is 0 Å². The molecule has 0 N–H and O–H groups in total. The fraction of sp³-hybridized carbons (Fsp3) is 0. The van der Waals surface area contributed by atoms with Gasteiger partial charge in [-0.1, -0.05) is 58.4 Å². The van der Waals surface area contributed by atoms with Crippen LogP contribution in [0.3, 0.4) is 0 Å². The number of aromatic nitrogens is 3. The van der Waals surface area contributed by atoms with Crippen LogP contribution in [0.1, 0.15) is 0 Å². The van der Waals surface area contributed by atoms with E-state index in [4.69, 9.17) is 11.6 Å². The first-order valence-electron chi connectivity index (χ1n) is 5.95. The van der Waals surface area contributed by atoms with Gasteiger partial charge in [-0.05, 0) is 23.7 Å². The van der Waals surface area contributed by atoms with Crippen LogP contribution in [0.2, 0.25) is 5.28 Å². The lowest BCUT2D eigenvalue weighted by atomic mass is 10.2. The molecule has 0 amide bonds. The van der Waals surface area contributed by atoms with Gasteiger partial charge >= 0.3 is 0 Å². The molecule has 0 saturated carbocycles. The fourth-order valence-electron chi connectivity index (χ4n) is 1.82. The van der Waals surface area contributed by atoms with Crippen molar-refractivity contribution < 1.29 is 0 Å². The zero-order valence-electron chi connectivity index (χ0n) is 10.3. The van der Waals surface area contributed by atoms with Crippen molar-refractivity contribution in [3.8, 4) is 22.8 Å². The Labute approximate surface area is 129 Å². The number of nitrogens with zero attached hydrogens (tertiary/aromatic N) is 3. The average Bonchev–Trinajstić information content (AvgIpc) is 2.47. The molecule has 0 aliphatic heterocycles. The van der Waals surface area contributed by atoms with Crippen LogP contribution >= 0.6 is 27.5 Å². The van der Waals surface area contributed by atoms with Crippen LogP contribution in [-0.4, -0.2) is 15.0 Å². The molecule has 5 heteroatoms. The van der Waals surface area contributed by atoms with Gasteiger partial charge in [0.15, 0.2) is 11.6 Å². The van der Waals surface area contributed by atoms with Crippen molar-refractivity contribution in [1.82, 2.24) is 15.0 Å². The van der Waals surface area contributed by atoms with Gasteiger partial charge < -0.3 is 0 Å². The summed E-state index contributed by atoms with van der Waals surface area (Å²) in [4.78, 5) is 12.9. The highest BCUT2D eigenvalue weighted by Crippen LogP contribution is 2.23. The summed E-state index contributed by atoms with van der Waals surface area (Å²) >= 11 is 9.45. The maximum Gasteiger partial charge on any atom is 0.226 e. The molecule has 3 nitrogen and oxygen atoms in total. The molecule has 0 fully saturated rings. The molecule has 0 aliphatic carbocycles. The lowest BCUT2D eigenvalue weighted by Crippen LogP contribution is -1.97. The second kappa shape index (κ2) is 5.69. The van der Waals surface area contributed by atoms with E-state index < -0.39 is 0 Å². The highest BCUT2D eigenvalue weighted by atomic mass is 79.9. The Kier molecular flexibility index (Phi) is 3.76. The monoisotopic (exact) mass is 345 g/mol. The summed E-state index contributed by atoms with van der Waals surface area (Å²) in [5, 5.41) is 0.189. The molecule has 0 radical (unpaired) electrons. The van der Waals surface area contributed by atoms with Crippen LogP contribution in [0.15, 0.2) is 59.1 Å². The van der Waals surface area contributed by atoms with Crippen molar-refractivity contribution in [2.45, 2.75) is 0 Å². The summed E-state index contributed by atoms with van der Waals surface area (Å²) in [6.07, 6.45) is 0. The zero-order chi connectivity index (χ0) is 13.9. The maximum atomic E-state index is 6.02. The van der Waals surface area contributed by atoms with E-state index in [0.717, 1.165) is 15.6 Å². The van der Waals surface area contributed by atoms with Gasteiger partial charge in [-0.15, -0.1) is 0 Å². The van der Waals surface area contributed by atoms with Crippen LogP contribution in [0.25, 0.3) is 22.8 Å². The average molecular weight is 347 g/mol. The summed E-state index contributed by atoms with van der Waals surface area (Å²) in [5.41, 5.74) is 1.80. The zero-order valence-corrected chi connectivity index (χ0v) is 12.6. The van der Waals surface area contributed by atoms with Crippen molar-refractivity contribution in [2.75, 3.05) is 0 Å². The Morgan fingerprint density at radius 2 is 1.40 bits per heavy atom. The topological polar surface area (TPSA) is 38.7 Å². The van der Waals surface area contributed by atoms with Gasteiger partial charge in [-0.3, -0.25) is 0 Å². The van der Waals surface area contributed by atoms with E-state index in [1.165, 1.54) is 0 Å². The Hall–Kier alpha value is -1.78. The van der Waals surface area contributed by atoms with Gasteiger partial charge in [-0.2, -0.15) is 9.97 Å². The smallest absolute Gasteiger partial charge is 0.208 e. The number of hydrogen-bond donors (Lipinski definition) is 0. The summed E-state index contributed by atoms with van der Waals surface area (Å²) in [6.45, 7) is 0. The van der Waals surface area contributed by atoms with Gasteiger partial charge in [0.05, 0.1) is 0 Å². The SMILES string of the molecule is Clc1nc(-c2ccccc2)nc(-c2cccc(Br)c2)n1. The van der Waals surface area contributed by atoms with E-state index in [2.05, 4.69) is 30.9 Å². The minimum absolute atomic E-state index is 0.189. The molecule has 0 saturated heterocycles. The van der Waals surface area contributed by atoms with Gasteiger partial charge in [0.2, 0.25) is 5.28 Å². The van der Waals surface area contributed by atoms with Gasteiger partial charge in [0.1, 0.15) is 0 Å². The summed E-state index contributed by atoms with van der Waals surface area (Å²) in [6, 6.07) is 17.5. The Morgan fingerprint density at radius 1 is 0.750 bits per heavy atom. The van der Waals surface area contributed by atoms with Crippen LogP contribution in [0, 0.1) is 0 Å². The molecular weight excluding hydrogens is 338 g/mol. The highest BCUT2D eigenvalue weighted by Gasteiger charge is 2.09. The lowest BCUT2D eigenvalue weighted by Gasteiger charge is -2.05. The van der Waals surface area contributed by atoms with E-state index in [1.54, 1.807) is 0 Å². The molecule has 0 bridgehead atoms. The van der Waals surface area contributed by atoms with Crippen molar-refractivity contribution in [3.63, 3.8) is 0 Å². The third kappa shape index (κ3) is 2.86. The van der Waals surface area contributed by atoms with E-state index in [0.29, 0.717) is 11.6 Å². The van der Waals surface area contributed by atoms with Crippen LogP contribution in [0.4, 0.5) is 0 Å². The Bertz CT molecular complexity index is 747. The fourth-order valence-corrected chi connectivity index (χ4v) is 2.38. The molecule has 0 atom stereocenters. The normalized spacial score (nSPS) is 10.5. The Morgan fingerprint density at radius 3 is 2.10 bits per heavy atom. The molecular formula is C15H9BrClN3. The second-order valence-electron chi connectivity index (χ2n) is 4.13. The first-order chi connectivity index (χ1) is 9.72. The summed E-state index contributed by atoms with van der Waals surface area (Å²) < 4.78 is 0.966. The minimum Gasteiger partial charge on any atom is -0.208 e. The van der Waals surface area contributed by atoms with E-state index in [9.17, 15) is 0 Å². The number of hydrogen-bond acceptors (Lipinski definition) is 3. The van der Waals surface area contributed by atoms with Crippen molar-refractivity contribution in [3.05, 3.63) is 64.4 Å². The highest BCUT2D eigenvalue weighted by molar-refractivity contribution is 9.10. The molecule has 0 spiro atoms. The summed E-state index contributed by atoms with van der Waals surface area (Å²) in [5.74, 6) is 1.13. The van der Waals surface area contributed by atoms with Crippen LogP contribution in [-0.2, 0) is 0 Å². The molecule has 3 aromatic rings. The first kappa shape index (κ1) is 13.2. The standard InChI is InChI=1S/C15H9BrClN3/c16-12-8-4-7-11(9-12)14-18-13(19-15(17)20-14)10-5-2-1-3-6-10/h1-9H. The predicted octanol–water partition coefficient (Wildman–Crippen LogP) is 4.62. The van der Waals surface area contributed by atoms with Gasteiger partial charge in [0, 0.05) is 15.6 Å². The molecule has 0 unspecified atom stereocenters. The van der Waals surface area contributed by atoms with Crippen LogP contribution < -0.4 is 0 Å². The van der Waals surface area contributed by atoms with E-state index >= 15 is 0 Å². The van der Waals surface area contributed by atoms with Gasteiger partial charge in [-0.25, -0.2) is 4.98 Å². The number of benzene rings is 2. The molecule has 1 heterocycles. The molecule has 20 heavy (non-hydrogen) atoms. The van der Waals surface area contributed by atoms with Crippen LogP contribution in [0.5, 0.6) is 0 Å². The number of rotatable bonds is 2. The molecule has 98 valence electrons. The molecule has 3 rings (SSSR count). The third-order valence-electron chi connectivity index (χ3n) is 2.72. The first-order valence-corrected chi connectivity index (χ1v) is 7.12. The predicted molar refractivity (Wildman–Crippen MR) is 83.4 cm³/mol.